The van der Waals surface area contributed by atoms with Crippen molar-refractivity contribution >= 4 is 0 Å². The molecule has 4 fully saturated rings. The van der Waals surface area contributed by atoms with Crippen molar-refractivity contribution in [3.05, 3.63) is 0 Å². The van der Waals surface area contributed by atoms with E-state index in [-0.39, 0.29) is 6.10 Å². The van der Waals surface area contributed by atoms with Gasteiger partial charge in [-0.1, -0.05) is 54.4 Å². The summed E-state index contributed by atoms with van der Waals surface area (Å²) in [6.45, 7) is 15.2. The van der Waals surface area contributed by atoms with Crippen LogP contribution < -0.4 is 0 Å². The SMILES string of the molecule is CCC(CC[C@@H](C)[C@H]1CC[C@H]2[C@@H]3CCC4CC(O)CC[C@]4(C)[C@H]3CC[C@]12C)C(C)C. The highest BCUT2D eigenvalue weighted by Gasteiger charge is 2.60. The van der Waals surface area contributed by atoms with Crippen molar-refractivity contribution < 1.29 is 5.11 Å². The van der Waals surface area contributed by atoms with Crippen LogP contribution >= 0.6 is 0 Å². The largest absolute Gasteiger partial charge is 0.393 e. The minimum absolute atomic E-state index is 0.0111. The van der Waals surface area contributed by atoms with E-state index in [9.17, 15) is 5.11 Å². The Morgan fingerprint density at radius 3 is 2.23 bits per heavy atom. The Labute approximate surface area is 188 Å². The van der Waals surface area contributed by atoms with Crippen LogP contribution in [0.3, 0.4) is 0 Å². The van der Waals surface area contributed by atoms with E-state index in [1.54, 1.807) is 0 Å². The van der Waals surface area contributed by atoms with Crippen LogP contribution in [0, 0.1) is 58.2 Å². The molecule has 1 N–H and O–H groups in total. The fourth-order valence-electron chi connectivity index (χ4n) is 9.90. The van der Waals surface area contributed by atoms with Crippen LogP contribution in [0.4, 0.5) is 0 Å². The molecule has 0 aromatic heterocycles. The van der Waals surface area contributed by atoms with Gasteiger partial charge in [0.25, 0.3) is 0 Å². The summed E-state index contributed by atoms with van der Waals surface area (Å²) in [4.78, 5) is 0. The summed E-state index contributed by atoms with van der Waals surface area (Å²) < 4.78 is 0. The van der Waals surface area contributed by atoms with Crippen LogP contribution in [0.5, 0.6) is 0 Å². The van der Waals surface area contributed by atoms with Gasteiger partial charge < -0.3 is 5.11 Å². The molecule has 3 unspecified atom stereocenters. The molecule has 1 heteroatoms. The van der Waals surface area contributed by atoms with E-state index in [2.05, 4.69) is 41.5 Å². The number of fused-ring (bicyclic) bond motifs is 5. The third-order valence-electron chi connectivity index (χ3n) is 11.9. The fraction of sp³-hybridized carbons (Fsp3) is 1.00. The zero-order valence-electron chi connectivity index (χ0n) is 21.1. The highest BCUT2D eigenvalue weighted by Crippen LogP contribution is 2.68. The molecule has 0 saturated heterocycles. The molecule has 0 aliphatic heterocycles. The zero-order chi connectivity index (χ0) is 21.7. The smallest absolute Gasteiger partial charge is 0.0543 e. The minimum atomic E-state index is -0.0111. The summed E-state index contributed by atoms with van der Waals surface area (Å²) in [7, 11) is 0. The van der Waals surface area contributed by atoms with Crippen molar-refractivity contribution in [1.29, 1.82) is 0 Å². The van der Waals surface area contributed by atoms with Gasteiger partial charge in [0.1, 0.15) is 0 Å². The first-order chi connectivity index (χ1) is 14.2. The minimum Gasteiger partial charge on any atom is -0.393 e. The van der Waals surface area contributed by atoms with Crippen molar-refractivity contribution in [1.82, 2.24) is 0 Å². The van der Waals surface area contributed by atoms with E-state index in [0.717, 1.165) is 60.2 Å². The summed E-state index contributed by atoms with van der Waals surface area (Å²) >= 11 is 0. The van der Waals surface area contributed by atoms with Gasteiger partial charge >= 0.3 is 0 Å². The van der Waals surface area contributed by atoms with Crippen molar-refractivity contribution in [3.8, 4) is 0 Å². The van der Waals surface area contributed by atoms with Crippen LogP contribution in [-0.4, -0.2) is 11.2 Å². The maximum Gasteiger partial charge on any atom is 0.0543 e. The second-order valence-electron chi connectivity index (χ2n) is 13.3. The summed E-state index contributed by atoms with van der Waals surface area (Å²) in [5.74, 6) is 7.34. The molecule has 4 rings (SSSR count). The second-order valence-corrected chi connectivity index (χ2v) is 13.3. The summed E-state index contributed by atoms with van der Waals surface area (Å²) in [6, 6.07) is 0. The molecule has 0 aromatic rings. The van der Waals surface area contributed by atoms with Gasteiger partial charge in [0.2, 0.25) is 0 Å². The van der Waals surface area contributed by atoms with Gasteiger partial charge in [-0.15, -0.1) is 0 Å². The summed E-state index contributed by atoms with van der Waals surface area (Å²) in [5.41, 5.74) is 1.14. The Morgan fingerprint density at radius 1 is 0.833 bits per heavy atom. The lowest BCUT2D eigenvalue weighted by atomic mass is 9.44. The number of aliphatic hydroxyl groups excluding tert-OH is 1. The Morgan fingerprint density at radius 2 is 1.53 bits per heavy atom. The van der Waals surface area contributed by atoms with Crippen LogP contribution in [0.1, 0.15) is 119 Å². The molecule has 0 aromatic carbocycles. The molecule has 174 valence electrons. The highest BCUT2D eigenvalue weighted by atomic mass is 16.3. The second kappa shape index (κ2) is 8.72. The first kappa shape index (κ1) is 23.1. The molecule has 0 amide bonds. The van der Waals surface area contributed by atoms with Gasteiger partial charge in [-0.05, 0) is 122 Å². The quantitative estimate of drug-likeness (QED) is 0.463. The number of hydrogen-bond donors (Lipinski definition) is 1. The average molecular weight is 417 g/mol. The molecular weight excluding hydrogens is 364 g/mol. The molecular formula is C29H52O. The lowest BCUT2D eigenvalue weighted by Gasteiger charge is -2.61. The lowest BCUT2D eigenvalue weighted by molar-refractivity contribution is -0.129. The van der Waals surface area contributed by atoms with Crippen LogP contribution in [0.2, 0.25) is 0 Å². The van der Waals surface area contributed by atoms with Crippen LogP contribution in [0.15, 0.2) is 0 Å². The maximum absolute atomic E-state index is 10.3. The normalized spacial score (nSPS) is 48.0. The third-order valence-corrected chi connectivity index (χ3v) is 11.9. The predicted octanol–water partition coefficient (Wildman–Crippen LogP) is 8.10. The van der Waals surface area contributed by atoms with Crippen molar-refractivity contribution in [2.75, 3.05) is 0 Å². The standard InChI is InChI=1S/C29H52O/c1-7-21(19(2)3)9-8-20(4)25-12-13-26-24-11-10-22-18-23(30)14-16-28(22,5)27(24)15-17-29(25,26)6/h19-27,30H,7-18H2,1-6H3/t20-,21?,22?,23?,24+,25-,26+,27+,28+,29-/m1/s1. The first-order valence-corrected chi connectivity index (χ1v) is 13.9. The van der Waals surface area contributed by atoms with Gasteiger partial charge in [-0.3, -0.25) is 0 Å². The monoisotopic (exact) mass is 416 g/mol. The molecule has 0 radical (unpaired) electrons. The van der Waals surface area contributed by atoms with Crippen LogP contribution in [0.25, 0.3) is 0 Å². The molecule has 10 atom stereocenters. The molecule has 1 nitrogen and oxygen atoms in total. The molecule has 0 spiro atoms. The van der Waals surface area contributed by atoms with E-state index in [1.807, 2.05) is 0 Å². The van der Waals surface area contributed by atoms with E-state index in [0.29, 0.717) is 10.8 Å². The van der Waals surface area contributed by atoms with Gasteiger partial charge in [0, 0.05) is 0 Å². The number of rotatable bonds is 6. The molecule has 4 aliphatic carbocycles. The van der Waals surface area contributed by atoms with Crippen molar-refractivity contribution in [3.63, 3.8) is 0 Å². The molecule has 0 heterocycles. The highest BCUT2D eigenvalue weighted by molar-refractivity contribution is 5.09. The van der Waals surface area contributed by atoms with Crippen molar-refractivity contribution in [2.45, 2.75) is 125 Å². The predicted molar refractivity (Wildman–Crippen MR) is 128 cm³/mol. The maximum atomic E-state index is 10.3. The number of hydrogen-bond acceptors (Lipinski definition) is 1. The Kier molecular flexibility index (Phi) is 6.72. The fourth-order valence-corrected chi connectivity index (χ4v) is 9.90. The van der Waals surface area contributed by atoms with Gasteiger partial charge in [0.05, 0.1) is 6.10 Å². The van der Waals surface area contributed by atoms with Gasteiger partial charge in [0.15, 0.2) is 0 Å². The van der Waals surface area contributed by atoms with Crippen LogP contribution in [-0.2, 0) is 0 Å². The molecule has 4 aliphatic rings. The van der Waals surface area contributed by atoms with Gasteiger partial charge in [-0.2, -0.15) is 0 Å². The Hall–Kier alpha value is -0.0400. The topological polar surface area (TPSA) is 20.2 Å². The van der Waals surface area contributed by atoms with Gasteiger partial charge in [-0.25, -0.2) is 0 Å². The molecule has 0 bridgehead atoms. The van der Waals surface area contributed by atoms with E-state index in [1.165, 1.54) is 64.2 Å². The number of aliphatic hydroxyl groups is 1. The van der Waals surface area contributed by atoms with E-state index < -0.39 is 0 Å². The Bertz CT molecular complexity index is 583. The first-order valence-electron chi connectivity index (χ1n) is 13.9. The third kappa shape index (κ3) is 3.82. The summed E-state index contributed by atoms with van der Waals surface area (Å²) in [5, 5.41) is 10.3. The summed E-state index contributed by atoms with van der Waals surface area (Å²) in [6.07, 6.45) is 16.5. The average Bonchev–Trinajstić information content (AvgIpc) is 3.06. The zero-order valence-corrected chi connectivity index (χ0v) is 21.1. The van der Waals surface area contributed by atoms with Crippen molar-refractivity contribution in [2.24, 2.45) is 58.2 Å². The molecule has 30 heavy (non-hydrogen) atoms. The lowest BCUT2D eigenvalue weighted by Crippen LogP contribution is -2.54. The van der Waals surface area contributed by atoms with E-state index in [4.69, 9.17) is 0 Å². The van der Waals surface area contributed by atoms with E-state index >= 15 is 0 Å². The molecule has 4 saturated carbocycles. The Balaban J connectivity index is 1.45.